The van der Waals surface area contributed by atoms with E-state index in [-0.39, 0.29) is 28.3 Å². The maximum Gasteiger partial charge on any atom is 0.270 e. The fourth-order valence-corrected chi connectivity index (χ4v) is 7.38. The second kappa shape index (κ2) is 10.8. The largest absolute Gasteiger partial charge is 0.348 e. The first-order chi connectivity index (χ1) is 18.1. The molecule has 1 aliphatic heterocycles. The molecule has 0 radical (unpaired) electrons. The Labute approximate surface area is 231 Å². The highest BCUT2D eigenvalue weighted by Crippen LogP contribution is 2.36. The molecule has 1 saturated carbocycles. The Hall–Kier alpha value is -2.68. The number of hydrogen-bond acceptors (Lipinski definition) is 4. The molecule has 1 aromatic heterocycles. The number of amides is 1. The van der Waals surface area contributed by atoms with Crippen LogP contribution in [0.15, 0.2) is 42.5 Å². The van der Waals surface area contributed by atoms with Crippen LogP contribution >= 0.6 is 23.2 Å². The third kappa shape index (κ3) is 5.67. The maximum atomic E-state index is 13.8. The van der Waals surface area contributed by atoms with Crippen LogP contribution in [0.25, 0.3) is 17.3 Å². The topological polar surface area (TPSA) is 81.1 Å². The van der Waals surface area contributed by atoms with Crippen molar-refractivity contribution in [1.82, 2.24) is 15.1 Å². The molecule has 38 heavy (non-hydrogen) atoms. The minimum Gasteiger partial charge on any atom is -0.348 e. The number of rotatable bonds is 5. The van der Waals surface area contributed by atoms with E-state index < -0.39 is 21.6 Å². The lowest BCUT2D eigenvalue weighted by Crippen LogP contribution is -2.40. The zero-order valence-corrected chi connectivity index (χ0v) is 23.2. The van der Waals surface area contributed by atoms with E-state index in [9.17, 15) is 17.6 Å². The van der Waals surface area contributed by atoms with Crippen LogP contribution in [0.2, 0.25) is 10.0 Å². The summed E-state index contributed by atoms with van der Waals surface area (Å²) >= 11 is 12.6. The fourth-order valence-electron chi connectivity index (χ4n) is 5.38. The van der Waals surface area contributed by atoms with Gasteiger partial charge >= 0.3 is 0 Å². The molecular weight excluding hydrogens is 548 g/mol. The molecule has 5 rings (SSSR count). The molecule has 1 aliphatic carbocycles. The van der Waals surface area contributed by atoms with Crippen molar-refractivity contribution >= 4 is 50.6 Å². The number of nitrogens with zero attached hydrogens (tertiary/aromatic N) is 2. The molecule has 2 aliphatic rings. The van der Waals surface area contributed by atoms with Crippen LogP contribution in [-0.2, 0) is 15.6 Å². The standard InChI is InChI=1S/C28H28Cl2FN3O3S/c1-17(19-5-3-2-4-6-19)32-28(35)27-23-16-38(36,37)15-20(13-18-7-10-22(31)11-8-18)26(23)33-34(27)25-12-9-21(29)14-24(25)30/h7-14,17,19H,2-6,15-16H2,1H3,(H,32,35)/b20-13+/t17-/m0/s1. The molecule has 3 aromatic rings. The van der Waals surface area contributed by atoms with Crippen molar-refractivity contribution in [1.29, 1.82) is 0 Å². The van der Waals surface area contributed by atoms with E-state index >= 15 is 0 Å². The zero-order valence-electron chi connectivity index (χ0n) is 20.9. The highest BCUT2D eigenvalue weighted by molar-refractivity contribution is 7.91. The third-order valence-electron chi connectivity index (χ3n) is 7.31. The van der Waals surface area contributed by atoms with E-state index in [0.29, 0.717) is 39.0 Å². The highest BCUT2D eigenvalue weighted by Gasteiger charge is 2.36. The molecule has 6 nitrogen and oxygen atoms in total. The molecule has 0 spiro atoms. The van der Waals surface area contributed by atoms with E-state index in [4.69, 9.17) is 28.3 Å². The van der Waals surface area contributed by atoms with Crippen LogP contribution in [0.4, 0.5) is 4.39 Å². The number of carbonyl (C=O) groups is 1. The summed E-state index contributed by atoms with van der Waals surface area (Å²) in [7, 11) is -3.59. The SMILES string of the molecule is C[C@H](NC(=O)c1c2c(nn1-c1ccc(Cl)cc1Cl)/C(=C/c1ccc(F)cc1)CS(=O)(=O)C2)C1CCCCC1. The van der Waals surface area contributed by atoms with Gasteiger partial charge in [0.1, 0.15) is 11.5 Å². The summed E-state index contributed by atoms with van der Waals surface area (Å²) in [4.78, 5) is 13.8. The lowest BCUT2D eigenvalue weighted by molar-refractivity contribution is 0.0910. The quantitative estimate of drug-likeness (QED) is 0.377. The number of fused-ring (bicyclic) bond motifs is 1. The average molecular weight is 577 g/mol. The van der Waals surface area contributed by atoms with Crippen molar-refractivity contribution in [3.63, 3.8) is 0 Å². The average Bonchev–Trinajstić information content (AvgIpc) is 3.24. The predicted molar refractivity (Wildman–Crippen MR) is 149 cm³/mol. The van der Waals surface area contributed by atoms with Crippen LogP contribution in [0.1, 0.15) is 66.3 Å². The summed E-state index contributed by atoms with van der Waals surface area (Å²) in [5, 5.41) is 8.55. The van der Waals surface area contributed by atoms with E-state index in [1.54, 1.807) is 36.4 Å². The van der Waals surface area contributed by atoms with Gasteiger partial charge in [-0.05, 0) is 73.2 Å². The van der Waals surface area contributed by atoms with Crippen molar-refractivity contribution in [2.24, 2.45) is 5.92 Å². The Kier molecular flexibility index (Phi) is 7.67. The Morgan fingerprint density at radius 1 is 1.11 bits per heavy atom. The molecule has 1 amide bonds. The van der Waals surface area contributed by atoms with Crippen LogP contribution in [-0.4, -0.2) is 35.9 Å². The van der Waals surface area contributed by atoms with Crippen molar-refractivity contribution in [3.8, 4) is 5.69 Å². The van der Waals surface area contributed by atoms with Crippen LogP contribution in [0.3, 0.4) is 0 Å². The minimum atomic E-state index is -3.59. The number of sulfone groups is 1. The summed E-state index contributed by atoms with van der Waals surface area (Å²) in [5.41, 5.74) is 2.34. The normalized spacial score (nSPS) is 19.2. The van der Waals surface area contributed by atoms with Gasteiger partial charge < -0.3 is 5.32 Å². The van der Waals surface area contributed by atoms with E-state index in [2.05, 4.69) is 5.32 Å². The van der Waals surface area contributed by atoms with Gasteiger partial charge in [0, 0.05) is 16.6 Å². The van der Waals surface area contributed by atoms with Crippen LogP contribution in [0.5, 0.6) is 0 Å². The molecule has 2 aromatic carbocycles. The van der Waals surface area contributed by atoms with Gasteiger partial charge in [-0.1, -0.05) is 54.6 Å². The van der Waals surface area contributed by atoms with Gasteiger partial charge in [0.2, 0.25) is 0 Å². The van der Waals surface area contributed by atoms with Gasteiger partial charge in [0.25, 0.3) is 5.91 Å². The van der Waals surface area contributed by atoms with Gasteiger partial charge in [-0.2, -0.15) is 5.10 Å². The Morgan fingerprint density at radius 2 is 1.82 bits per heavy atom. The Bertz CT molecular complexity index is 1510. The highest BCUT2D eigenvalue weighted by atomic mass is 35.5. The van der Waals surface area contributed by atoms with E-state index in [1.165, 1.54) is 23.2 Å². The third-order valence-corrected chi connectivity index (χ3v) is 9.32. The molecule has 0 saturated heterocycles. The maximum absolute atomic E-state index is 13.8. The minimum absolute atomic E-state index is 0.0862. The number of carbonyl (C=O) groups excluding carboxylic acids is 1. The molecule has 0 bridgehead atoms. The molecule has 1 atom stereocenters. The Balaban J connectivity index is 1.64. The first-order valence-electron chi connectivity index (χ1n) is 12.7. The first kappa shape index (κ1) is 26.9. The fraction of sp³-hybridized carbons (Fsp3) is 0.357. The monoisotopic (exact) mass is 575 g/mol. The zero-order chi connectivity index (χ0) is 27.0. The smallest absolute Gasteiger partial charge is 0.270 e. The lowest BCUT2D eigenvalue weighted by Gasteiger charge is -2.28. The van der Waals surface area contributed by atoms with Gasteiger partial charge in [-0.15, -0.1) is 0 Å². The summed E-state index contributed by atoms with van der Waals surface area (Å²) in [6.45, 7) is 1.99. The summed E-state index contributed by atoms with van der Waals surface area (Å²) < 4.78 is 41.0. The van der Waals surface area contributed by atoms with E-state index in [1.807, 2.05) is 6.92 Å². The second-order valence-corrected chi connectivity index (χ2v) is 13.0. The van der Waals surface area contributed by atoms with Gasteiger partial charge in [-0.25, -0.2) is 17.5 Å². The number of aromatic nitrogens is 2. The summed E-state index contributed by atoms with van der Waals surface area (Å²) in [6, 6.07) is 10.5. The molecular formula is C28H28Cl2FN3O3S. The number of benzene rings is 2. The summed E-state index contributed by atoms with van der Waals surface area (Å²) in [5.74, 6) is -1.01. The molecule has 2 heterocycles. The van der Waals surface area contributed by atoms with Crippen molar-refractivity contribution < 1.29 is 17.6 Å². The van der Waals surface area contributed by atoms with Gasteiger partial charge in [0.15, 0.2) is 9.84 Å². The van der Waals surface area contributed by atoms with E-state index in [0.717, 1.165) is 25.7 Å². The van der Waals surface area contributed by atoms with Crippen molar-refractivity contribution in [3.05, 3.63) is 80.8 Å². The molecule has 200 valence electrons. The van der Waals surface area contributed by atoms with Crippen molar-refractivity contribution in [2.75, 3.05) is 5.75 Å². The summed E-state index contributed by atoms with van der Waals surface area (Å²) in [6.07, 6.45) is 7.22. The molecule has 1 N–H and O–H groups in total. The van der Waals surface area contributed by atoms with Crippen molar-refractivity contribution in [2.45, 2.75) is 50.8 Å². The van der Waals surface area contributed by atoms with Crippen LogP contribution < -0.4 is 5.32 Å². The van der Waals surface area contributed by atoms with Gasteiger partial charge in [0.05, 0.1) is 27.9 Å². The molecule has 0 unspecified atom stereocenters. The number of nitrogens with one attached hydrogen (secondary N) is 1. The number of hydrogen-bond donors (Lipinski definition) is 1. The first-order valence-corrected chi connectivity index (χ1v) is 15.2. The lowest BCUT2D eigenvalue weighted by atomic mass is 9.84. The molecule has 10 heteroatoms. The Morgan fingerprint density at radius 3 is 2.50 bits per heavy atom. The number of halogens is 3. The molecule has 1 fully saturated rings. The van der Waals surface area contributed by atoms with Gasteiger partial charge in [-0.3, -0.25) is 4.79 Å². The predicted octanol–water partition coefficient (Wildman–Crippen LogP) is 6.49. The second-order valence-electron chi connectivity index (χ2n) is 10.1. The van der Waals surface area contributed by atoms with Crippen LogP contribution in [0, 0.1) is 11.7 Å².